The quantitative estimate of drug-likeness (QED) is 0.754. The van der Waals surface area contributed by atoms with Gasteiger partial charge in [-0.15, -0.1) is 0 Å². The number of rotatable bonds is 5. The molecule has 1 fully saturated rings. The minimum atomic E-state index is -1.00. The second-order valence-electron chi connectivity index (χ2n) is 5.36. The van der Waals surface area contributed by atoms with Gasteiger partial charge < -0.3 is 15.3 Å². The number of hydrogen-bond acceptors (Lipinski definition) is 2. The topological polar surface area (TPSA) is 69.6 Å². The molecule has 0 radical (unpaired) electrons. The Labute approximate surface area is 115 Å². The average Bonchev–Trinajstić information content (AvgIpc) is 2.65. The second-order valence-corrected chi connectivity index (χ2v) is 5.36. The van der Waals surface area contributed by atoms with Gasteiger partial charge in [-0.25, -0.2) is 4.79 Å². The van der Waals surface area contributed by atoms with Crippen LogP contribution in [0.15, 0.2) is 0 Å². The molecule has 0 aromatic heterocycles. The number of hydrogen-bond donors (Lipinski definition) is 2. The highest BCUT2D eigenvalue weighted by Gasteiger charge is 2.28. The van der Waals surface area contributed by atoms with Crippen LogP contribution >= 0.6 is 0 Å². The number of carboxylic acid groups (broad SMARTS) is 1. The lowest BCUT2D eigenvalue weighted by Crippen LogP contribution is -2.51. The number of aliphatic carboxylic acids is 1. The third kappa shape index (κ3) is 5.09. The Balaban J connectivity index is 2.68. The maximum Gasteiger partial charge on any atom is 0.323 e. The van der Waals surface area contributed by atoms with E-state index in [1.54, 1.807) is 0 Å². The molecule has 0 heterocycles. The molecule has 2 N–H and O–H groups in total. The molecule has 5 heteroatoms. The van der Waals surface area contributed by atoms with E-state index in [0.717, 1.165) is 32.1 Å². The number of nitrogens with one attached hydrogen (secondary N) is 1. The first-order valence-corrected chi connectivity index (χ1v) is 7.34. The van der Waals surface area contributed by atoms with Crippen molar-refractivity contribution in [1.82, 2.24) is 10.2 Å². The van der Waals surface area contributed by atoms with Crippen molar-refractivity contribution < 1.29 is 14.7 Å². The Morgan fingerprint density at radius 3 is 2.32 bits per heavy atom. The molecule has 1 atom stereocenters. The normalized spacial score (nSPS) is 18.4. The minimum absolute atomic E-state index is 0.150. The second kappa shape index (κ2) is 8.02. The van der Waals surface area contributed by atoms with E-state index in [-0.39, 0.29) is 24.7 Å². The largest absolute Gasteiger partial charge is 0.480 e. The van der Waals surface area contributed by atoms with Gasteiger partial charge in [0, 0.05) is 12.1 Å². The summed E-state index contributed by atoms with van der Waals surface area (Å²) in [5, 5.41) is 11.2. The summed E-state index contributed by atoms with van der Waals surface area (Å²) in [4.78, 5) is 24.6. The monoisotopic (exact) mass is 270 g/mol. The molecule has 19 heavy (non-hydrogen) atoms. The first-order valence-electron chi connectivity index (χ1n) is 7.34. The molecule has 0 aromatic carbocycles. The number of amides is 2. The summed E-state index contributed by atoms with van der Waals surface area (Å²) in [5.41, 5.74) is 0. The van der Waals surface area contributed by atoms with Gasteiger partial charge in [0.1, 0.15) is 6.54 Å². The van der Waals surface area contributed by atoms with E-state index in [1.165, 1.54) is 12.8 Å². The molecule has 1 aliphatic rings. The van der Waals surface area contributed by atoms with E-state index in [9.17, 15) is 9.59 Å². The van der Waals surface area contributed by atoms with Gasteiger partial charge in [0.2, 0.25) is 0 Å². The molecule has 0 bridgehead atoms. The van der Waals surface area contributed by atoms with Gasteiger partial charge in [-0.05, 0) is 26.2 Å². The standard InChI is InChI=1S/C14H26N2O3/c1-3-11(2)16(14(19)15-10-13(17)18)12-8-6-4-5-7-9-12/h11-12H,3-10H2,1-2H3,(H,15,19)(H,17,18). The lowest BCUT2D eigenvalue weighted by Gasteiger charge is -2.36. The highest BCUT2D eigenvalue weighted by molar-refractivity contribution is 5.80. The van der Waals surface area contributed by atoms with Crippen molar-refractivity contribution in [1.29, 1.82) is 0 Å². The summed E-state index contributed by atoms with van der Waals surface area (Å²) in [7, 11) is 0. The smallest absolute Gasteiger partial charge is 0.323 e. The number of carbonyl (C=O) groups excluding carboxylic acids is 1. The Bertz CT molecular complexity index is 299. The number of carbonyl (C=O) groups is 2. The zero-order valence-corrected chi connectivity index (χ0v) is 12.0. The van der Waals surface area contributed by atoms with Crippen LogP contribution in [0.25, 0.3) is 0 Å². The highest BCUT2D eigenvalue weighted by Crippen LogP contribution is 2.24. The van der Waals surface area contributed by atoms with Crippen LogP contribution in [0.3, 0.4) is 0 Å². The van der Waals surface area contributed by atoms with Gasteiger partial charge in [-0.2, -0.15) is 0 Å². The third-order valence-corrected chi connectivity index (χ3v) is 3.91. The highest BCUT2D eigenvalue weighted by atomic mass is 16.4. The zero-order chi connectivity index (χ0) is 14.3. The fourth-order valence-corrected chi connectivity index (χ4v) is 2.70. The maximum absolute atomic E-state index is 12.2. The number of urea groups is 1. The van der Waals surface area contributed by atoms with E-state index in [2.05, 4.69) is 12.2 Å². The third-order valence-electron chi connectivity index (χ3n) is 3.91. The molecule has 0 aliphatic heterocycles. The van der Waals surface area contributed by atoms with Crippen molar-refractivity contribution >= 4 is 12.0 Å². The minimum Gasteiger partial charge on any atom is -0.480 e. The lowest BCUT2D eigenvalue weighted by molar-refractivity contribution is -0.135. The van der Waals surface area contributed by atoms with Gasteiger partial charge in [0.15, 0.2) is 0 Å². The van der Waals surface area contributed by atoms with Crippen LogP contribution in [0.1, 0.15) is 58.8 Å². The molecule has 2 amide bonds. The van der Waals surface area contributed by atoms with Crippen molar-refractivity contribution in [3.63, 3.8) is 0 Å². The fraction of sp³-hybridized carbons (Fsp3) is 0.857. The molecule has 110 valence electrons. The van der Waals surface area contributed by atoms with Crippen LogP contribution in [0.4, 0.5) is 4.79 Å². The lowest BCUT2D eigenvalue weighted by atomic mass is 10.0. The summed E-state index contributed by atoms with van der Waals surface area (Å²) >= 11 is 0. The molecular formula is C14H26N2O3. The molecule has 5 nitrogen and oxygen atoms in total. The van der Waals surface area contributed by atoms with E-state index < -0.39 is 5.97 Å². The van der Waals surface area contributed by atoms with Crippen LogP contribution in [0.5, 0.6) is 0 Å². The molecule has 0 saturated heterocycles. The van der Waals surface area contributed by atoms with Crippen LogP contribution < -0.4 is 5.32 Å². The van der Waals surface area contributed by atoms with Crippen LogP contribution in [-0.4, -0.2) is 40.6 Å². The summed E-state index contributed by atoms with van der Waals surface area (Å²) in [5.74, 6) is -1.00. The average molecular weight is 270 g/mol. The Morgan fingerprint density at radius 1 is 1.26 bits per heavy atom. The van der Waals surface area contributed by atoms with E-state index in [4.69, 9.17) is 5.11 Å². The van der Waals surface area contributed by atoms with Gasteiger partial charge in [-0.3, -0.25) is 4.79 Å². The van der Waals surface area contributed by atoms with Gasteiger partial charge in [0.05, 0.1) is 0 Å². The molecule has 1 aliphatic carbocycles. The van der Waals surface area contributed by atoms with Crippen LogP contribution in [0.2, 0.25) is 0 Å². The van der Waals surface area contributed by atoms with Crippen LogP contribution in [-0.2, 0) is 4.79 Å². The van der Waals surface area contributed by atoms with Crippen molar-refractivity contribution in [3.05, 3.63) is 0 Å². The predicted octanol–water partition coefficient (Wildman–Crippen LogP) is 2.60. The summed E-state index contributed by atoms with van der Waals surface area (Å²) in [6, 6.07) is 0.173. The van der Waals surface area contributed by atoms with Crippen molar-refractivity contribution in [2.75, 3.05) is 6.54 Å². The maximum atomic E-state index is 12.2. The zero-order valence-electron chi connectivity index (χ0n) is 12.0. The van der Waals surface area contributed by atoms with Crippen molar-refractivity contribution in [2.45, 2.75) is 70.9 Å². The fourth-order valence-electron chi connectivity index (χ4n) is 2.70. The SMILES string of the molecule is CCC(C)N(C(=O)NCC(=O)O)C1CCCCCC1. The van der Waals surface area contributed by atoms with Crippen molar-refractivity contribution in [3.8, 4) is 0 Å². The van der Waals surface area contributed by atoms with E-state index in [0.29, 0.717) is 0 Å². The summed E-state index contributed by atoms with van der Waals surface area (Å²) < 4.78 is 0. The molecule has 1 unspecified atom stereocenters. The van der Waals surface area contributed by atoms with Gasteiger partial charge in [-0.1, -0.05) is 32.6 Å². The van der Waals surface area contributed by atoms with E-state index in [1.807, 2.05) is 11.8 Å². The van der Waals surface area contributed by atoms with E-state index >= 15 is 0 Å². The Hall–Kier alpha value is -1.26. The molecule has 1 saturated carbocycles. The first kappa shape index (κ1) is 15.8. The first-order chi connectivity index (χ1) is 9.06. The Morgan fingerprint density at radius 2 is 1.84 bits per heavy atom. The van der Waals surface area contributed by atoms with Gasteiger partial charge >= 0.3 is 12.0 Å². The summed E-state index contributed by atoms with van der Waals surface area (Å²) in [6.45, 7) is 3.78. The van der Waals surface area contributed by atoms with Crippen LogP contribution in [0, 0.1) is 0 Å². The molecule has 1 rings (SSSR count). The Kier molecular flexibility index (Phi) is 6.67. The summed E-state index contributed by atoms with van der Waals surface area (Å²) in [6.07, 6.45) is 7.74. The number of nitrogens with zero attached hydrogens (tertiary/aromatic N) is 1. The molecule has 0 aromatic rings. The predicted molar refractivity (Wildman–Crippen MR) is 74.1 cm³/mol. The molecular weight excluding hydrogens is 244 g/mol. The van der Waals surface area contributed by atoms with Crippen molar-refractivity contribution in [2.24, 2.45) is 0 Å². The number of carboxylic acids is 1. The molecule has 0 spiro atoms. The van der Waals surface area contributed by atoms with Gasteiger partial charge in [0.25, 0.3) is 0 Å².